The quantitative estimate of drug-likeness (QED) is 0.752. The Morgan fingerprint density at radius 3 is 2.43 bits per heavy atom. The molecule has 2 aromatic rings. The van der Waals surface area contributed by atoms with E-state index in [1.807, 2.05) is 11.8 Å². The highest BCUT2D eigenvalue weighted by Crippen LogP contribution is 2.28. The van der Waals surface area contributed by atoms with Gasteiger partial charge in [0, 0.05) is 31.7 Å². The van der Waals surface area contributed by atoms with Gasteiger partial charge in [0.15, 0.2) is 18.1 Å². The number of aliphatic hydroxyl groups excluding tert-OH is 1. The van der Waals surface area contributed by atoms with Gasteiger partial charge >= 0.3 is 0 Å². The fourth-order valence-electron chi connectivity index (χ4n) is 3.74. The minimum absolute atomic E-state index is 0.0309. The van der Waals surface area contributed by atoms with E-state index in [0.717, 1.165) is 18.7 Å². The molecule has 0 aromatic heterocycles. The van der Waals surface area contributed by atoms with Gasteiger partial charge in [0.05, 0.1) is 13.7 Å². The van der Waals surface area contributed by atoms with Crippen molar-refractivity contribution in [1.29, 1.82) is 0 Å². The van der Waals surface area contributed by atoms with Crippen LogP contribution in [0.4, 0.5) is 4.39 Å². The largest absolute Gasteiger partial charge is 0.493 e. The normalized spacial score (nSPS) is 19.6. The average molecular weight is 416 g/mol. The Balaban J connectivity index is 1.59. The highest BCUT2D eigenvalue weighted by molar-refractivity contribution is 5.78. The summed E-state index contributed by atoms with van der Waals surface area (Å²) in [4.78, 5) is 17.0. The number of amides is 1. The van der Waals surface area contributed by atoms with Crippen molar-refractivity contribution in [1.82, 2.24) is 9.80 Å². The standard InChI is InChI=1S/C23H29FN2O4/c1-16-12-26(17(2)11-25(16)13-18-4-7-20(24)8-5-18)23(28)15-30-22-10-19(14-27)6-9-21(22)29-3/h4-10,16-17,27H,11-15H2,1-3H3/t16-,17+/m1/s1. The van der Waals surface area contributed by atoms with Gasteiger partial charge in [-0.15, -0.1) is 0 Å². The average Bonchev–Trinajstić information content (AvgIpc) is 2.75. The van der Waals surface area contributed by atoms with Gasteiger partial charge in [0.2, 0.25) is 0 Å². The fourth-order valence-corrected chi connectivity index (χ4v) is 3.74. The Kier molecular flexibility index (Phi) is 7.29. The maximum absolute atomic E-state index is 13.1. The van der Waals surface area contributed by atoms with E-state index in [9.17, 15) is 14.3 Å². The van der Waals surface area contributed by atoms with Crippen molar-refractivity contribution in [2.24, 2.45) is 0 Å². The number of piperazine rings is 1. The first-order valence-electron chi connectivity index (χ1n) is 10.1. The third-order valence-corrected chi connectivity index (χ3v) is 5.50. The van der Waals surface area contributed by atoms with Crippen LogP contribution in [0.15, 0.2) is 42.5 Å². The molecule has 0 bridgehead atoms. The summed E-state index contributed by atoms with van der Waals surface area (Å²) in [5.41, 5.74) is 1.74. The molecule has 7 heteroatoms. The molecule has 1 amide bonds. The summed E-state index contributed by atoms with van der Waals surface area (Å²) in [6.07, 6.45) is 0. The summed E-state index contributed by atoms with van der Waals surface area (Å²) in [6, 6.07) is 11.9. The van der Waals surface area contributed by atoms with Crippen LogP contribution in [0.3, 0.4) is 0 Å². The number of methoxy groups -OCH3 is 1. The van der Waals surface area contributed by atoms with Crippen LogP contribution in [0.5, 0.6) is 11.5 Å². The van der Waals surface area contributed by atoms with Crippen molar-refractivity contribution >= 4 is 5.91 Å². The van der Waals surface area contributed by atoms with E-state index in [1.165, 1.54) is 19.2 Å². The van der Waals surface area contributed by atoms with Crippen LogP contribution < -0.4 is 9.47 Å². The lowest BCUT2D eigenvalue weighted by Crippen LogP contribution is -2.58. The number of nitrogens with zero attached hydrogens (tertiary/aromatic N) is 2. The Morgan fingerprint density at radius 1 is 1.07 bits per heavy atom. The molecule has 2 atom stereocenters. The molecule has 1 heterocycles. The zero-order valence-corrected chi connectivity index (χ0v) is 17.7. The lowest BCUT2D eigenvalue weighted by Gasteiger charge is -2.44. The van der Waals surface area contributed by atoms with Crippen LogP contribution in [-0.2, 0) is 17.9 Å². The summed E-state index contributed by atoms with van der Waals surface area (Å²) >= 11 is 0. The van der Waals surface area contributed by atoms with Gasteiger partial charge in [-0.1, -0.05) is 18.2 Å². The van der Waals surface area contributed by atoms with Gasteiger partial charge in [-0.05, 0) is 49.2 Å². The lowest BCUT2D eigenvalue weighted by atomic mass is 10.1. The van der Waals surface area contributed by atoms with Crippen molar-refractivity contribution < 1.29 is 23.8 Å². The van der Waals surface area contributed by atoms with Crippen molar-refractivity contribution in [2.45, 2.75) is 39.1 Å². The predicted molar refractivity (Wildman–Crippen MR) is 112 cm³/mol. The zero-order valence-electron chi connectivity index (χ0n) is 17.7. The Hall–Kier alpha value is -2.64. The molecular weight excluding hydrogens is 387 g/mol. The molecular formula is C23H29FN2O4. The van der Waals surface area contributed by atoms with Crippen LogP contribution in [0, 0.1) is 5.82 Å². The SMILES string of the molecule is COc1ccc(CO)cc1OCC(=O)N1C[C@@H](C)N(Cc2ccc(F)cc2)C[C@@H]1C. The topological polar surface area (TPSA) is 62.2 Å². The minimum Gasteiger partial charge on any atom is -0.493 e. The van der Waals surface area contributed by atoms with Crippen LogP contribution in [0.25, 0.3) is 0 Å². The Morgan fingerprint density at radius 2 is 1.77 bits per heavy atom. The molecule has 0 unspecified atom stereocenters. The molecule has 0 radical (unpaired) electrons. The lowest BCUT2D eigenvalue weighted by molar-refractivity contribution is -0.139. The number of carbonyl (C=O) groups is 1. The summed E-state index contributed by atoms with van der Waals surface area (Å²) in [5, 5.41) is 9.32. The van der Waals surface area contributed by atoms with E-state index in [1.54, 1.807) is 30.3 Å². The highest BCUT2D eigenvalue weighted by atomic mass is 19.1. The number of benzene rings is 2. The van der Waals surface area contributed by atoms with Crippen LogP contribution in [-0.4, -0.2) is 59.7 Å². The van der Waals surface area contributed by atoms with E-state index in [-0.39, 0.29) is 37.0 Å². The molecule has 0 saturated carbocycles. The van der Waals surface area contributed by atoms with E-state index >= 15 is 0 Å². The van der Waals surface area contributed by atoms with Gasteiger partial charge in [-0.2, -0.15) is 0 Å². The molecule has 1 N–H and O–H groups in total. The molecule has 2 aromatic carbocycles. The molecule has 0 spiro atoms. The van der Waals surface area contributed by atoms with Gasteiger partial charge in [-0.25, -0.2) is 4.39 Å². The fraction of sp³-hybridized carbons (Fsp3) is 0.435. The van der Waals surface area contributed by atoms with Crippen LogP contribution in [0.2, 0.25) is 0 Å². The van der Waals surface area contributed by atoms with Gasteiger partial charge in [0.1, 0.15) is 5.82 Å². The molecule has 162 valence electrons. The Labute approximate surface area is 176 Å². The van der Waals surface area contributed by atoms with Crippen LogP contribution in [0.1, 0.15) is 25.0 Å². The smallest absolute Gasteiger partial charge is 0.260 e. The molecule has 1 aliphatic heterocycles. The van der Waals surface area contributed by atoms with Crippen molar-refractivity contribution in [2.75, 3.05) is 26.8 Å². The molecule has 1 fully saturated rings. The predicted octanol–water partition coefficient (Wildman–Crippen LogP) is 2.83. The summed E-state index contributed by atoms with van der Waals surface area (Å²) in [7, 11) is 1.53. The summed E-state index contributed by atoms with van der Waals surface area (Å²) in [6.45, 7) is 5.94. The molecule has 30 heavy (non-hydrogen) atoms. The van der Waals surface area contributed by atoms with Gasteiger partial charge in [0.25, 0.3) is 5.91 Å². The molecule has 3 rings (SSSR count). The zero-order chi connectivity index (χ0) is 21.7. The van der Waals surface area contributed by atoms with Crippen molar-refractivity contribution in [3.05, 3.63) is 59.4 Å². The van der Waals surface area contributed by atoms with E-state index in [0.29, 0.717) is 23.6 Å². The second-order valence-corrected chi connectivity index (χ2v) is 7.73. The number of rotatable bonds is 7. The maximum Gasteiger partial charge on any atom is 0.260 e. The second kappa shape index (κ2) is 9.91. The molecule has 0 aliphatic carbocycles. The third kappa shape index (κ3) is 5.29. The first-order valence-corrected chi connectivity index (χ1v) is 10.1. The molecule has 1 aliphatic rings. The number of carbonyl (C=O) groups excluding carboxylic acids is 1. The van der Waals surface area contributed by atoms with Crippen molar-refractivity contribution in [3.63, 3.8) is 0 Å². The number of ether oxygens (including phenoxy) is 2. The van der Waals surface area contributed by atoms with Crippen LogP contribution >= 0.6 is 0 Å². The second-order valence-electron chi connectivity index (χ2n) is 7.73. The first-order chi connectivity index (χ1) is 14.4. The Bertz CT molecular complexity index is 859. The molecule has 6 nitrogen and oxygen atoms in total. The van der Waals surface area contributed by atoms with E-state index in [2.05, 4.69) is 11.8 Å². The minimum atomic E-state index is -0.239. The van der Waals surface area contributed by atoms with E-state index in [4.69, 9.17) is 9.47 Å². The van der Waals surface area contributed by atoms with E-state index < -0.39 is 0 Å². The van der Waals surface area contributed by atoms with Gasteiger partial charge < -0.3 is 19.5 Å². The third-order valence-electron chi connectivity index (χ3n) is 5.50. The number of hydrogen-bond donors (Lipinski definition) is 1. The maximum atomic E-state index is 13.1. The highest BCUT2D eigenvalue weighted by Gasteiger charge is 2.32. The van der Waals surface area contributed by atoms with Crippen molar-refractivity contribution in [3.8, 4) is 11.5 Å². The number of aliphatic hydroxyl groups is 1. The molecule has 1 saturated heterocycles. The summed E-state index contributed by atoms with van der Waals surface area (Å²) < 4.78 is 24.1. The number of halogens is 1. The number of hydrogen-bond acceptors (Lipinski definition) is 5. The first kappa shape index (κ1) is 22.1. The summed E-state index contributed by atoms with van der Waals surface area (Å²) in [5.74, 6) is 0.627. The monoisotopic (exact) mass is 416 g/mol. The van der Waals surface area contributed by atoms with Gasteiger partial charge in [-0.3, -0.25) is 9.69 Å².